The molecule has 0 spiro atoms. The van der Waals surface area contributed by atoms with Crippen molar-refractivity contribution in [1.29, 1.82) is 0 Å². The molecule has 1 atom stereocenters. The Morgan fingerprint density at radius 2 is 2.36 bits per heavy atom. The average Bonchev–Trinajstić information content (AvgIpc) is 2.12. The summed E-state index contributed by atoms with van der Waals surface area (Å²) in [5, 5.41) is 21.1. The molecule has 1 saturated heterocycles. The predicted molar refractivity (Wildman–Crippen MR) is 54.3 cm³/mol. The summed E-state index contributed by atoms with van der Waals surface area (Å²) in [5.74, 6) is 0.246. The van der Waals surface area contributed by atoms with Gasteiger partial charge in [0.15, 0.2) is 0 Å². The van der Waals surface area contributed by atoms with Crippen molar-refractivity contribution in [3.63, 3.8) is 0 Å². The number of hydrogen-bond acceptors (Lipinski definition) is 4. The molecule has 1 aliphatic heterocycles. The van der Waals surface area contributed by atoms with E-state index in [0.717, 1.165) is 25.9 Å². The first kappa shape index (κ1) is 11.3. The van der Waals surface area contributed by atoms with Crippen LogP contribution in [0.1, 0.15) is 26.2 Å². The van der Waals surface area contributed by atoms with Gasteiger partial charge in [-0.25, -0.2) is 0 Å². The van der Waals surface area contributed by atoms with Crippen molar-refractivity contribution in [3.05, 3.63) is 0 Å². The van der Waals surface area contributed by atoms with Gasteiger partial charge in [0, 0.05) is 19.5 Å². The lowest BCUT2D eigenvalue weighted by molar-refractivity contribution is -0.0145. The van der Waals surface area contributed by atoms with E-state index in [1.165, 1.54) is 0 Å². The molecule has 14 heavy (non-hydrogen) atoms. The zero-order chi connectivity index (χ0) is 10.6. The van der Waals surface area contributed by atoms with E-state index >= 15 is 0 Å². The number of rotatable bonds is 3. The van der Waals surface area contributed by atoms with Gasteiger partial charge in [0.1, 0.15) is 5.84 Å². The minimum Gasteiger partial charge on any atom is -0.409 e. The van der Waals surface area contributed by atoms with Crippen molar-refractivity contribution < 1.29 is 10.3 Å². The first-order chi connectivity index (χ1) is 6.53. The summed E-state index contributed by atoms with van der Waals surface area (Å²) in [4.78, 5) is 2.14. The summed E-state index contributed by atoms with van der Waals surface area (Å²) in [5.41, 5.74) is 4.79. The fourth-order valence-corrected chi connectivity index (χ4v) is 1.84. The van der Waals surface area contributed by atoms with Crippen LogP contribution in [0, 0.1) is 0 Å². The largest absolute Gasteiger partial charge is 0.409 e. The summed E-state index contributed by atoms with van der Waals surface area (Å²) >= 11 is 0. The van der Waals surface area contributed by atoms with Gasteiger partial charge in [0.25, 0.3) is 0 Å². The number of oxime groups is 1. The average molecular weight is 201 g/mol. The minimum absolute atomic E-state index is 0.246. The highest BCUT2D eigenvalue weighted by Gasteiger charge is 2.27. The molecule has 5 nitrogen and oxygen atoms in total. The van der Waals surface area contributed by atoms with E-state index in [1.54, 1.807) is 0 Å². The highest BCUT2D eigenvalue weighted by atomic mass is 16.4. The Morgan fingerprint density at radius 1 is 1.64 bits per heavy atom. The fourth-order valence-electron chi connectivity index (χ4n) is 1.84. The van der Waals surface area contributed by atoms with Gasteiger partial charge >= 0.3 is 0 Å². The quantitative estimate of drug-likeness (QED) is 0.259. The molecule has 1 unspecified atom stereocenters. The lowest BCUT2D eigenvalue weighted by atomic mass is 9.95. The van der Waals surface area contributed by atoms with Crippen LogP contribution in [0.2, 0.25) is 0 Å². The topological polar surface area (TPSA) is 82.1 Å². The summed E-state index contributed by atoms with van der Waals surface area (Å²) in [7, 11) is 0. The number of nitrogens with two attached hydrogens (primary N) is 1. The number of amidine groups is 1. The van der Waals surface area contributed by atoms with Crippen molar-refractivity contribution in [2.75, 3.05) is 19.6 Å². The smallest absolute Gasteiger partial charge is 0.140 e. The molecule has 0 bridgehead atoms. The number of likely N-dealkylation sites (tertiary alicyclic amines) is 1. The molecule has 82 valence electrons. The van der Waals surface area contributed by atoms with Crippen LogP contribution in [0.15, 0.2) is 5.16 Å². The number of piperidine rings is 1. The van der Waals surface area contributed by atoms with Crippen LogP contribution in [-0.2, 0) is 0 Å². The Kier molecular flexibility index (Phi) is 3.71. The number of nitrogens with zero attached hydrogens (tertiary/aromatic N) is 2. The SMILES string of the molecule is CC1(O)CCCN(CCC(N)=NO)C1. The summed E-state index contributed by atoms with van der Waals surface area (Å²) in [6.45, 7) is 4.25. The van der Waals surface area contributed by atoms with Crippen LogP contribution in [0.25, 0.3) is 0 Å². The van der Waals surface area contributed by atoms with Crippen molar-refractivity contribution in [3.8, 4) is 0 Å². The van der Waals surface area contributed by atoms with Gasteiger partial charge < -0.3 is 20.9 Å². The second-order valence-corrected chi connectivity index (χ2v) is 4.22. The van der Waals surface area contributed by atoms with Crippen LogP contribution < -0.4 is 5.73 Å². The van der Waals surface area contributed by atoms with Gasteiger partial charge in [0.2, 0.25) is 0 Å². The molecular formula is C9H19N3O2. The highest BCUT2D eigenvalue weighted by Crippen LogP contribution is 2.19. The monoisotopic (exact) mass is 201 g/mol. The summed E-state index contributed by atoms with van der Waals surface area (Å²) < 4.78 is 0. The second kappa shape index (κ2) is 4.61. The van der Waals surface area contributed by atoms with Crippen molar-refractivity contribution in [2.45, 2.75) is 31.8 Å². The second-order valence-electron chi connectivity index (χ2n) is 4.22. The van der Waals surface area contributed by atoms with E-state index in [1.807, 2.05) is 6.92 Å². The Bertz CT molecular complexity index is 216. The molecule has 0 aromatic heterocycles. The van der Waals surface area contributed by atoms with E-state index in [9.17, 15) is 5.11 Å². The lowest BCUT2D eigenvalue weighted by Crippen LogP contribution is -2.46. The summed E-state index contributed by atoms with van der Waals surface area (Å²) in [6, 6.07) is 0. The zero-order valence-corrected chi connectivity index (χ0v) is 8.61. The molecule has 0 aromatic rings. The molecule has 1 aliphatic rings. The predicted octanol–water partition coefficient (Wildman–Crippen LogP) is -0.0303. The minimum atomic E-state index is -0.580. The van der Waals surface area contributed by atoms with E-state index in [-0.39, 0.29) is 5.84 Å². The number of aliphatic hydroxyl groups is 1. The number of β-amino-alcohol motifs (C(OH)–C–C–N with tert-alkyl or cyclic N) is 1. The van der Waals surface area contributed by atoms with Gasteiger partial charge in [-0.05, 0) is 26.3 Å². The van der Waals surface area contributed by atoms with Gasteiger partial charge in [-0.3, -0.25) is 0 Å². The fraction of sp³-hybridized carbons (Fsp3) is 0.889. The maximum Gasteiger partial charge on any atom is 0.140 e. The lowest BCUT2D eigenvalue weighted by Gasteiger charge is -2.36. The molecular weight excluding hydrogens is 182 g/mol. The van der Waals surface area contributed by atoms with Crippen LogP contribution in [0.5, 0.6) is 0 Å². The molecule has 0 aliphatic carbocycles. The van der Waals surface area contributed by atoms with Crippen molar-refractivity contribution in [2.24, 2.45) is 10.9 Å². The van der Waals surface area contributed by atoms with Crippen molar-refractivity contribution >= 4 is 5.84 Å². The first-order valence-corrected chi connectivity index (χ1v) is 4.95. The summed E-state index contributed by atoms with van der Waals surface area (Å²) in [6.07, 6.45) is 2.41. The van der Waals surface area contributed by atoms with Crippen LogP contribution in [-0.4, -0.2) is 46.3 Å². The zero-order valence-electron chi connectivity index (χ0n) is 8.61. The van der Waals surface area contributed by atoms with Gasteiger partial charge in [-0.1, -0.05) is 5.16 Å². The molecule has 0 amide bonds. The Labute approximate surface area is 84.2 Å². The molecule has 5 heteroatoms. The van der Waals surface area contributed by atoms with E-state index in [2.05, 4.69) is 10.1 Å². The molecule has 4 N–H and O–H groups in total. The van der Waals surface area contributed by atoms with Crippen LogP contribution in [0.3, 0.4) is 0 Å². The third-order valence-electron chi connectivity index (χ3n) is 2.57. The Hall–Kier alpha value is -0.810. The first-order valence-electron chi connectivity index (χ1n) is 4.95. The Morgan fingerprint density at radius 3 is 2.93 bits per heavy atom. The highest BCUT2D eigenvalue weighted by molar-refractivity contribution is 5.79. The van der Waals surface area contributed by atoms with Crippen molar-refractivity contribution in [1.82, 2.24) is 4.90 Å². The molecule has 0 radical (unpaired) electrons. The normalized spacial score (nSPS) is 30.6. The van der Waals surface area contributed by atoms with E-state index in [0.29, 0.717) is 13.0 Å². The maximum atomic E-state index is 9.81. The Balaban J connectivity index is 2.31. The standard InChI is InChI=1S/C9H19N3O2/c1-9(13)4-2-5-12(7-9)6-3-8(10)11-14/h13-14H,2-7H2,1H3,(H2,10,11). The molecule has 1 rings (SSSR count). The van der Waals surface area contributed by atoms with Crippen LogP contribution >= 0.6 is 0 Å². The molecule has 0 aromatic carbocycles. The van der Waals surface area contributed by atoms with Gasteiger partial charge in [-0.15, -0.1) is 0 Å². The third-order valence-corrected chi connectivity index (χ3v) is 2.57. The van der Waals surface area contributed by atoms with E-state index in [4.69, 9.17) is 10.9 Å². The van der Waals surface area contributed by atoms with Gasteiger partial charge in [-0.2, -0.15) is 0 Å². The molecule has 1 fully saturated rings. The molecule has 1 heterocycles. The third kappa shape index (κ3) is 3.51. The van der Waals surface area contributed by atoms with Crippen LogP contribution in [0.4, 0.5) is 0 Å². The maximum absolute atomic E-state index is 9.81. The molecule has 0 saturated carbocycles. The van der Waals surface area contributed by atoms with Gasteiger partial charge in [0.05, 0.1) is 5.60 Å². The number of hydrogen-bond donors (Lipinski definition) is 3. The van der Waals surface area contributed by atoms with E-state index < -0.39 is 5.60 Å².